The minimum Gasteiger partial charge on any atom is -0.508 e. The predicted octanol–water partition coefficient (Wildman–Crippen LogP) is 4.95. The quantitative estimate of drug-likeness (QED) is 0.732. The van der Waals surface area contributed by atoms with Crippen LogP contribution in [0.25, 0.3) is 0 Å². The van der Waals surface area contributed by atoms with E-state index in [1.165, 1.54) is 0 Å². The molecule has 0 radical (unpaired) electrons. The summed E-state index contributed by atoms with van der Waals surface area (Å²) in [5.41, 5.74) is 2.92. The van der Waals surface area contributed by atoms with Crippen LogP contribution in [0.5, 0.6) is 11.5 Å². The molecular weight excluding hydrogens is 356 g/mol. The topological polar surface area (TPSA) is 76.0 Å². The number of carbonyl (C=O) groups is 1. The summed E-state index contributed by atoms with van der Waals surface area (Å²) in [7, 11) is 0. The van der Waals surface area contributed by atoms with Gasteiger partial charge in [0.15, 0.2) is 0 Å². The van der Waals surface area contributed by atoms with Crippen molar-refractivity contribution in [3.05, 3.63) is 58.7 Å². The molecule has 5 heteroatoms. The Morgan fingerprint density at radius 3 is 1.82 bits per heavy atom. The molecule has 0 unspecified atom stereocenters. The van der Waals surface area contributed by atoms with E-state index in [1.54, 1.807) is 12.1 Å². The van der Waals surface area contributed by atoms with Gasteiger partial charge in [0.2, 0.25) is 0 Å². The molecule has 4 rings (SSSR count). The van der Waals surface area contributed by atoms with Gasteiger partial charge in [-0.05, 0) is 60.1 Å². The van der Waals surface area contributed by atoms with Crippen molar-refractivity contribution in [3.8, 4) is 11.5 Å². The van der Waals surface area contributed by atoms with Crippen LogP contribution in [-0.2, 0) is 27.7 Å². The number of rotatable bonds is 4. The van der Waals surface area contributed by atoms with Crippen molar-refractivity contribution in [2.75, 3.05) is 0 Å². The van der Waals surface area contributed by atoms with E-state index in [0.29, 0.717) is 19.3 Å². The number of hydrogen-bond acceptors (Lipinski definition) is 5. The van der Waals surface area contributed by atoms with Crippen LogP contribution < -0.4 is 0 Å². The summed E-state index contributed by atoms with van der Waals surface area (Å²) in [6, 6.07) is 11.2. The maximum atomic E-state index is 11.8. The summed E-state index contributed by atoms with van der Waals surface area (Å²) >= 11 is 0. The van der Waals surface area contributed by atoms with Crippen molar-refractivity contribution < 1.29 is 24.5 Å². The van der Waals surface area contributed by atoms with E-state index in [9.17, 15) is 15.0 Å². The Hall–Kier alpha value is -2.69. The highest BCUT2D eigenvalue weighted by atomic mass is 16.9. The maximum absolute atomic E-state index is 11.8. The molecule has 148 valence electrons. The minimum atomic E-state index is -1.05. The molecule has 2 aliphatic rings. The van der Waals surface area contributed by atoms with E-state index >= 15 is 0 Å². The molecule has 2 aromatic rings. The van der Waals surface area contributed by atoms with E-state index in [4.69, 9.17) is 9.47 Å². The van der Waals surface area contributed by atoms with Crippen LogP contribution in [-0.4, -0.2) is 22.2 Å². The van der Waals surface area contributed by atoms with Crippen LogP contribution in [0.3, 0.4) is 0 Å². The SMILES string of the molecule is CCc1cc(C2(c3ccc(O)c(CC)c3)CCCCC23OC(=O)O3)ccc1O. The highest BCUT2D eigenvalue weighted by Gasteiger charge is 2.66. The monoisotopic (exact) mass is 382 g/mol. The van der Waals surface area contributed by atoms with E-state index in [-0.39, 0.29) is 11.5 Å². The van der Waals surface area contributed by atoms with Crippen LogP contribution in [0.15, 0.2) is 36.4 Å². The van der Waals surface area contributed by atoms with Gasteiger partial charge >= 0.3 is 6.16 Å². The summed E-state index contributed by atoms with van der Waals surface area (Å²) in [5, 5.41) is 20.4. The third-order valence-electron chi connectivity index (χ3n) is 6.36. The molecule has 1 aliphatic carbocycles. The lowest BCUT2D eigenvalue weighted by Crippen LogP contribution is -2.65. The minimum absolute atomic E-state index is 0.262. The van der Waals surface area contributed by atoms with Crippen LogP contribution in [0.2, 0.25) is 0 Å². The average Bonchev–Trinajstić information content (AvgIpc) is 2.68. The number of benzene rings is 2. The molecule has 0 aromatic heterocycles. The summed E-state index contributed by atoms with van der Waals surface area (Å²) < 4.78 is 11.4. The summed E-state index contributed by atoms with van der Waals surface area (Å²) in [6.45, 7) is 4.00. The van der Waals surface area contributed by atoms with Crippen LogP contribution in [0.1, 0.15) is 61.8 Å². The second-order valence-electron chi connectivity index (χ2n) is 7.71. The zero-order chi connectivity index (χ0) is 19.9. The van der Waals surface area contributed by atoms with Crippen molar-refractivity contribution in [1.29, 1.82) is 0 Å². The van der Waals surface area contributed by atoms with Crippen molar-refractivity contribution in [3.63, 3.8) is 0 Å². The first kappa shape index (κ1) is 18.7. The Balaban J connectivity index is 1.97. The van der Waals surface area contributed by atoms with Gasteiger partial charge in [-0.1, -0.05) is 44.5 Å². The Bertz CT molecular complexity index is 856. The lowest BCUT2D eigenvalue weighted by Gasteiger charge is -2.55. The number of ether oxygens (including phenoxy) is 2. The lowest BCUT2D eigenvalue weighted by atomic mass is 9.60. The second kappa shape index (κ2) is 6.73. The number of aromatic hydroxyl groups is 2. The molecule has 1 saturated heterocycles. The first-order valence-electron chi connectivity index (χ1n) is 10.0. The molecule has 1 aliphatic heterocycles. The van der Waals surface area contributed by atoms with Gasteiger partial charge in [0.05, 0.1) is 5.41 Å². The molecular formula is C23H26O5. The number of phenols is 2. The fourth-order valence-electron chi connectivity index (χ4n) is 4.87. The van der Waals surface area contributed by atoms with Gasteiger partial charge in [0, 0.05) is 6.42 Å². The summed E-state index contributed by atoms with van der Waals surface area (Å²) in [4.78, 5) is 11.8. The number of phenolic OH excluding ortho intramolecular Hbond substituents is 2. The standard InChI is InChI=1S/C23H26O5/c1-3-15-13-17(7-9-19(15)24)22(18-8-10-20(25)16(4-2)14-18)11-5-6-12-23(22)27-21(26)28-23/h7-10,13-14,24-25H,3-6,11-12H2,1-2H3. The molecule has 2 N–H and O–H groups in total. The largest absolute Gasteiger partial charge is 0.515 e. The molecule has 1 heterocycles. The predicted molar refractivity (Wildman–Crippen MR) is 105 cm³/mol. The third kappa shape index (κ3) is 2.56. The second-order valence-corrected chi connectivity index (χ2v) is 7.71. The number of aryl methyl sites for hydroxylation is 2. The van der Waals surface area contributed by atoms with Gasteiger partial charge in [-0.15, -0.1) is 0 Å². The highest BCUT2D eigenvalue weighted by Crippen LogP contribution is 2.57. The molecule has 28 heavy (non-hydrogen) atoms. The van der Waals surface area contributed by atoms with Crippen molar-refractivity contribution >= 4 is 6.16 Å². The molecule has 2 fully saturated rings. The fraction of sp³-hybridized carbons (Fsp3) is 0.435. The molecule has 1 saturated carbocycles. The summed E-state index contributed by atoms with van der Waals surface area (Å²) in [5.74, 6) is -0.526. The van der Waals surface area contributed by atoms with Gasteiger partial charge in [0.25, 0.3) is 5.79 Å². The molecule has 2 aromatic carbocycles. The Kier molecular flexibility index (Phi) is 4.48. The van der Waals surface area contributed by atoms with Crippen molar-refractivity contribution in [1.82, 2.24) is 0 Å². The van der Waals surface area contributed by atoms with Gasteiger partial charge < -0.3 is 19.7 Å². The number of carbonyl (C=O) groups excluding carboxylic acids is 1. The van der Waals surface area contributed by atoms with Gasteiger partial charge in [0.1, 0.15) is 11.5 Å². The van der Waals surface area contributed by atoms with Crippen LogP contribution in [0, 0.1) is 0 Å². The first-order valence-corrected chi connectivity index (χ1v) is 10.0. The lowest BCUT2D eigenvalue weighted by molar-refractivity contribution is -0.312. The zero-order valence-corrected chi connectivity index (χ0v) is 16.3. The maximum Gasteiger partial charge on any atom is 0.515 e. The van der Waals surface area contributed by atoms with E-state index < -0.39 is 17.4 Å². The molecule has 5 nitrogen and oxygen atoms in total. The number of hydrogen-bond donors (Lipinski definition) is 2. The van der Waals surface area contributed by atoms with E-state index in [1.807, 2.05) is 38.1 Å². The van der Waals surface area contributed by atoms with Gasteiger partial charge in [-0.2, -0.15) is 0 Å². The Labute approximate surface area is 164 Å². The molecule has 0 atom stereocenters. The molecule has 0 bridgehead atoms. The van der Waals surface area contributed by atoms with Crippen molar-refractivity contribution in [2.24, 2.45) is 0 Å². The zero-order valence-electron chi connectivity index (χ0n) is 16.3. The van der Waals surface area contributed by atoms with Crippen LogP contribution in [0.4, 0.5) is 4.79 Å². The average molecular weight is 382 g/mol. The Morgan fingerprint density at radius 1 is 0.857 bits per heavy atom. The van der Waals surface area contributed by atoms with Gasteiger partial charge in [-0.25, -0.2) is 4.79 Å². The third-order valence-corrected chi connectivity index (χ3v) is 6.36. The van der Waals surface area contributed by atoms with E-state index in [0.717, 1.165) is 41.5 Å². The van der Waals surface area contributed by atoms with Crippen LogP contribution >= 0.6 is 0 Å². The van der Waals surface area contributed by atoms with E-state index in [2.05, 4.69) is 0 Å². The normalized spacial score (nSPS) is 19.6. The first-order chi connectivity index (χ1) is 13.5. The smallest absolute Gasteiger partial charge is 0.508 e. The van der Waals surface area contributed by atoms with Gasteiger partial charge in [-0.3, -0.25) is 0 Å². The summed E-state index contributed by atoms with van der Waals surface area (Å²) in [6.07, 6.45) is 3.99. The molecule has 0 amide bonds. The fourth-order valence-corrected chi connectivity index (χ4v) is 4.87. The van der Waals surface area contributed by atoms with Crippen molar-refractivity contribution in [2.45, 2.75) is 63.6 Å². The Morgan fingerprint density at radius 2 is 1.36 bits per heavy atom. The highest BCUT2D eigenvalue weighted by molar-refractivity contribution is 5.68. The molecule has 1 spiro atoms.